The molecule has 0 aliphatic carbocycles. The first kappa shape index (κ1) is 22.5. The van der Waals surface area contributed by atoms with Gasteiger partial charge in [-0.3, -0.25) is 0 Å². The van der Waals surface area contributed by atoms with Crippen molar-refractivity contribution >= 4 is 10.0 Å². The second-order valence-electron chi connectivity index (χ2n) is 6.25. The maximum Gasteiger partial charge on any atom is 0.416 e. The van der Waals surface area contributed by atoms with Crippen LogP contribution in [-0.4, -0.2) is 38.9 Å². The molecule has 0 atom stereocenters. The monoisotopic (exact) mass is 453 g/mol. The van der Waals surface area contributed by atoms with Crippen molar-refractivity contribution in [3.05, 3.63) is 66.2 Å². The molecule has 0 bridgehead atoms. The lowest BCUT2D eigenvalue weighted by atomic mass is 10.1. The highest BCUT2D eigenvalue weighted by Gasteiger charge is 2.30. The summed E-state index contributed by atoms with van der Waals surface area (Å²) >= 11 is 0. The summed E-state index contributed by atoms with van der Waals surface area (Å²) in [6.45, 7) is -0.151. The second-order valence-corrected chi connectivity index (χ2v) is 8.02. The van der Waals surface area contributed by atoms with Gasteiger partial charge in [0.05, 0.1) is 23.3 Å². The Morgan fingerprint density at radius 1 is 0.935 bits per heavy atom. The summed E-state index contributed by atoms with van der Waals surface area (Å²) < 4.78 is 74.8. The topological polar surface area (TPSA) is 90.4 Å². The van der Waals surface area contributed by atoms with Gasteiger partial charge in [-0.2, -0.15) is 13.2 Å². The van der Waals surface area contributed by atoms with Crippen molar-refractivity contribution in [2.24, 2.45) is 0 Å². The number of alkyl halides is 3. The molecule has 0 saturated carbocycles. The molecule has 0 radical (unpaired) electrons. The van der Waals surface area contributed by atoms with Gasteiger partial charge in [-0.1, -0.05) is 0 Å². The summed E-state index contributed by atoms with van der Waals surface area (Å²) in [7, 11) is -2.40. The van der Waals surface area contributed by atoms with Crippen molar-refractivity contribution in [1.82, 2.24) is 14.9 Å². The van der Waals surface area contributed by atoms with Gasteiger partial charge in [-0.15, -0.1) is 10.2 Å². The minimum absolute atomic E-state index is 0.0452. The third-order valence-corrected chi connectivity index (χ3v) is 5.64. The molecule has 11 heteroatoms. The normalized spacial score (nSPS) is 11.9. The standard InChI is InChI=1S/C20H18F3N3O4S/c1-29-16-6-2-14(3-7-16)18-10-11-19(26-25-18)30-13-12-24-31(27,28)17-8-4-15(5-9-17)20(21,22)23/h2-11,24H,12-13H2,1H3. The molecule has 0 amide bonds. The number of rotatable bonds is 8. The Balaban J connectivity index is 1.51. The highest BCUT2D eigenvalue weighted by molar-refractivity contribution is 7.89. The first-order chi connectivity index (χ1) is 14.7. The molecule has 164 valence electrons. The van der Waals surface area contributed by atoms with E-state index in [2.05, 4.69) is 14.9 Å². The van der Waals surface area contributed by atoms with E-state index in [-0.39, 0.29) is 23.9 Å². The fraction of sp³-hybridized carbons (Fsp3) is 0.200. The number of methoxy groups -OCH3 is 1. The summed E-state index contributed by atoms with van der Waals surface area (Å²) in [4.78, 5) is -0.274. The molecule has 0 aliphatic heterocycles. The molecule has 0 saturated heterocycles. The second kappa shape index (κ2) is 9.31. The van der Waals surface area contributed by atoms with Gasteiger partial charge in [0, 0.05) is 18.2 Å². The zero-order chi connectivity index (χ0) is 22.5. The Labute approximate surface area is 176 Å². The SMILES string of the molecule is COc1ccc(-c2ccc(OCCNS(=O)(=O)c3ccc(C(F)(F)F)cc3)nn2)cc1. The van der Waals surface area contributed by atoms with Crippen LogP contribution >= 0.6 is 0 Å². The molecule has 3 rings (SSSR count). The molecule has 1 aromatic heterocycles. The van der Waals surface area contributed by atoms with Gasteiger partial charge < -0.3 is 9.47 Å². The van der Waals surface area contributed by atoms with Crippen molar-refractivity contribution in [2.75, 3.05) is 20.3 Å². The number of nitrogens with one attached hydrogen (secondary N) is 1. The number of hydrogen-bond donors (Lipinski definition) is 1. The van der Waals surface area contributed by atoms with E-state index >= 15 is 0 Å². The van der Waals surface area contributed by atoms with Crippen LogP contribution in [0, 0.1) is 0 Å². The minimum Gasteiger partial charge on any atom is -0.497 e. The van der Waals surface area contributed by atoms with Crippen LogP contribution in [0.5, 0.6) is 11.6 Å². The van der Waals surface area contributed by atoms with E-state index in [1.54, 1.807) is 31.4 Å². The number of aromatic nitrogens is 2. The smallest absolute Gasteiger partial charge is 0.416 e. The quantitative estimate of drug-likeness (QED) is 0.525. The largest absolute Gasteiger partial charge is 0.497 e. The van der Waals surface area contributed by atoms with E-state index < -0.39 is 21.8 Å². The number of halogens is 3. The predicted molar refractivity (Wildman–Crippen MR) is 106 cm³/mol. The summed E-state index contributed by atoms with van der Waals surface area (Å²) in [6.07, 6.45) is -4.53. The number of sulfonamides is 1. The van der Waals surface area contributed by atoms with Crippen LogP contribution in [0.4, 0.5) is 13.2 Å². The zero-order valence-corrected chi connectivity index (χ0v) is 17.1. The molecule has 31 heavy (non-hydrogen) atoms. The minimum atomic E-state index is -4.53. The maximum absolute atomic E-state index is 12.6. The van der Waals surface area contributed by atoms with E-state index in [1.165, 1.54) is 0 Å². The lowest BCUT2D eigenvalue weighted by Gasteiger charge is -2.10. The van der Waals surface area contributed by atoms with Crippen LogP contribution in [0.3, 0.4) is 0 Å². The zero-order valence-electron chi connectivity index (χ0n) is 16.3. The summed E-state index contributed by atoms with van der Waals surface area (Å²) in [5.41, 5.74) is 0.536. The van der Waals surface area contributed by atoms with Crippen LogP contribution in [0.15, 0.2) is 65.6 Å². The predicted octanol–water partition coefficient (Wildman–Crippen LogP) is 3.53. The summed E-state index contributed by atoms with van der Waals surface area (Å²) in [5, 5.41) is 8.00. The van der Waals surface area contributed by atoms with Crippen LogP contribution in [0.1, 0.15) is 5.56 Å². The van der Waals surface area contributed by atoms with Gasteiger partial charge in [-0.05, 0) is 54.6 Å². The van der Waals surface area contributed by atoms with E-state index in [4.69, 9.17) is 9.47 Å². The lowest BCUT2D eigenvalue weighted by Crippen LogP contribution is -2.28. The molecular formula is C20H18F3N3O4S. The molecule has 2 aromatic carbocycles. The van der Waals surface area contributed by atoms with Crippen LogP contribution < -0.4 is 14.2 Å². The Morgan fingerprint density at radius 3 is 2.16 bits per heavy atom. The Bertz CT molecular complexity index is 1100. The number of ether oxygens (including phenoxy) is 2. The number of benzene rings is 2. The van der Waals surface area contributed by atoms with E-state index in [0.717, 1.165) is 23.4 Å². The maximum atomic E-state index is 12.6. The fourth-order valence-corrected chi connectivity index (χ4v) is 3.56. The highest BCUT2D eigenvalue weighted by Crippen LogP contribution is 2.29. The van der Waals surface area contributed by atoms with Crippen molar-refractivity contribution in [3.8, 4) is 22.9 Å². The fourth-order valence-electron chi connectivity index (χ4n) is 2.55. The van der Waals surface area contributed by atoms with Crippen LogP contribution in [0.2, 0.25) is 0 Å². The van der Waals surface area contributed by atoms with Crippen LogP contribution in [-0.2, 0) is 16.2 Å². The molecule has 0 unspecified atom stereocenters. The van der Waals surface area contributed by atoms with Gasteiger partial charge in [0.2, 0.25) is 15.9 Å². The van der Waals surface area contributed by atoms with E-state index in [9.17, 15) is 21.6 Å². The summed E-state index contributed by atoms with van der Waals surface area (Å²) in [5.74, 6) is 0.918. The number of nitrogens with zero attached hydrogens (tertiary/aromatic N) is 2. The third-order valence-electron chi connectivity index (χ3n) is 4.16. The van der Waals surface area contributed by atoms with Crippen LogP contribution in [0.25, 0.3) is 11.3 Å². The number of hydrogen-bond acceptors (Lipinski definition) is 6. The van der Waals surface area contributed by atoms with Crippen molar-refractivity contribution in [2.45, 2.75) is 11.1 Å². The molecular weight excluding hydrogens is 435 g/mol. The van der Waals surface area contributed by atoms with Crippen molar-refractivity contribution in [3.63, 3.8) is 0 Å². The molecule has 0 fully saturated rings. The molecule has 3 aromatic rings. The average Bonchev–Trinajstić information content (AvgIpc) is 2.77. The third kappa shape index (κ3) is 5.92. The molecule has 7 nitrogen and oxygen atoms in total. The average molecular weight is 453 g/mol. The molecule has 1 N–H and O–H groups in total. The Kier molecular flexibility index (Phi) is 6.76. The van der Waals surface area contributed by atoms with Gasteiger partial charge in [0.25, 0.3) is 0 Å². The van der Waals surface area contributed by atoms with Gasteiger partial charge in [-0.25, -0.2) is 13.1 Å². The first-order valence-electron chi connectivity index (χ1n) is 8.97. The Hall–Kier alpha value is -3.18. The molecule has 0 spiro atoms. The van der Waals surface area contributed by atoms with Gasteiger partial charge in [0.15, 0.2) is 0 Å². The van der Waals surface area contributed by atoms with E-state index in [1.807, 2.05) is 12.1 Å². The first-order valence-corrected chi connectivity index (χ1v) is 10.5. The highest BCUT2D eigenvalue weighted by atomic mass is 32.2. The molecule has 1 heterocycles. The van der Waals surface area contributed by atoms with Crippen molar-refractivity contribution < 1.29 is 31.1 Å². The molecule has 0 aliphatic rings. The lowest BCUT2D eigenvalue weighted by molar-refractivity contribution is -0.137. The Morgan fingerprint density at radius 2 is 1.61 bits per heavy atom. The summed E-state index contributed by atoms with van der Waals surface area (Å²) in [6, 6.07) is 13.8. The van der Waals surface area contributed by atoms with Crippen molar-refractivity contribution in [1.29, 1.82) is 0 Å². The van der Waals surface area contributed by atoms with Gasteiger partial charge in [0.1, 0.15) is 12.4 Å². The van der Waals surface area contributed by atoms with Gasteiger partial charge >= 0.3 is 6.18 Å². The van der Waals surface area contributed by atoms with E-state index in [0.29, 0.717) is 17.8 Å².